The van der Waals surface area contributed by atoms with Gasteiger partial charge in [0.15, 0.2) is 5.76 Å². The highest BCUT2D eigenvalue weighted by Crippen LogP contribution is 2.39. The summed E-state index contributed by atoms with van der Waals surface area (Å²) in [5, 5.41) is 13.3. The number of hydrogen-bond donors (Lipinski definition) is 1. The van der Waals surface area contributed by atoms with E-state index in [1.807, 2.05) is 6.07 Å². The van der Waals surface area contributed by atoms with Crippen LogP contribution in [0.2, 0.25) is 5.02 Å². The summed E-state index contributed by atoms with van der Waals surface area (Å²) in [6, 6.07) is 10.5. The number of benzene rings is 1. The predicted molar refractivity (Wildman–Crippen MR) is 117 cm³/mol. The van der Waals surface area contributed by atoms with Gasteiger partial charge in [0.25, 0.3) is 11.1 Å². The Kier molecular flexibility index (Phi) is 6.40. The molecule has 0 radical (unpaired) electrons. The monoisotopic (exact) mass is 475 g/mol. The molecule has 11 heteroatoms. The Morgan fingerprint density at radius 3 is 2.77 bits per heavy atom. The number of anilines is 1. The molecule has 158 valence electrons. The first-order valence-electron chi connectivity index (χ1n) is 8.81. The van der Waals surface area contributed by atoms with Gasteiger partial charge in [-0.25, -0.2) is 4.79 Å². The van der Waals surface area contributed by atoms with Crippen molar-refractivity contribution >= 4 is 51.6 Å². The van der Waals surface area contributed by atoms with Gasteiger partial charge in [-0.05, 0) is 18.2 Å². The lowest BCUT2D eigenvalue weighted by atomic mass is 10.0. The Morgan fingerprint density at radius 1 is 1.19 bits per heavy atom. The zero-order valence-corrected chi connectivity index (χ0v) is 18.3. The second kappa shape index (κ2) is 9.38. The van der Waals surface area contributed by atoms with Crippen LogP contribution in [0.15, 0.2) is 62.1 Å². The third kappa shape index (κ3) is 4.66. The summed E-state index contributed by atoms with van der Waals surface area (Å²) in [5.41, 5.74) is 1.51. The fourth-order valence-electron chi connectivity index (χ4n) is 2.69. The molecule has 4 rings (SSSR count). The van der Waals surface area contributed by atoms with Crippen molar-refractivity contribution in [1.82, 2.24) is 10.2 Å². The second-order valence-corrected chi connectivity index (χ2v) is 8.23. The summed E-state index contributed by atoms with van der Waals surface area (Å²) in [5.74, 6) is -0.250. The van der Waals surface area contributed by atoms with Crippen LogP contribution in [-0.2, 0) is 9.53 Å². The summed E-state index contributed by atoms with van der Waals surface area (Å²) in [6.45, 7) is 0. The van der Waals surface area contributed by atoms with Crippen molar-refractivity contribution in [2.24, 2.45) is 0 Å². The molecule has 0 aliphatic carbocycles. The van der Waals surface area contributed by atoms with E-state index in [-0.39, 0.29) is 28.3 Å². The highest BCUT2D eigenvalue weighted by molar-refractivity contribution is 7.99. The van der Waals surface area contributed by atoms with Gasteiger partial charge in [0.05, 0.1) is 19.1 Å². The third-order valence-electron chi connectivity index (χ3n) is 4.06. The van der Waals surface area contributed by atoms with Gasteiger partial charge in [0.2, 0.25) is 5.91 Å². The largest absolute Gasteiger partial charge is 0.465 e. The third-order valence-corrected chi connectivity index (χ3v) is 6.11. The number of rotatable bonds is 7. The number of hydrogen-bond acceptors (Lipinski definition) is 9. The van der Waals surface area contributed by atoms with E-state index in [1.54, 1.807) is 35.7 Å². The lowest BCUT2D eigenvalue weighted by Gasteiger charge is -2.08. The van der Waals surface area contributed by atoms with Gasteiger partial charge in [-0.1, -0.05) is 41.6 Å². The van der Waals surface area contributed by atoms with E-state index in [2.05, 4.69) is 15.5 Å². The lowest BCUT2D eigenvalue weighted by molar-refractivity contribution is -0.113. The van der Waals surface area contributed by atoms with Crippen LogP contribution in [0.25, 0.3) is 22.8 Å². The molecule has 1 amide bonds. The summed E-state index contributed by atoms with van der Waals surface area (Å²) < 4.78 is 15.6. The number of carbonyl (C=O) groups excluding carboxylic acids is 2. The number of ether oxygens (including phenoxy) is 1. The summed E-state index contributed by atoms with van der Waals surface area (Å²) in [6.07, 6.45) is 1.50. The van der Waals surface area contributed by atoms with Crippen LogP contribution >= 0.6 is 34.7 Å². The van der Waals surface area contributed by atoms with Crippen molar-refractivity contribution in [2.75, 3.05) is 18.2 Å². The maximum atomic E-state index is 12.5. The van der Waals surface area contributed by atoms with Crippen LogP contribution in [0.4, 0.5) is 5.00 Å². The standard InChI is InChI=1S/C20H14ClN3O5S2/c1-27-19(26)16-12(11-5-2-3-6-13(11)21)9-30-18(16)22-15(25)10-31-20-24-23-17(29-20)14-7-4-8-28-14/h2-9H,10H2,1H3,(H,22,25). The molecule has 0 fully saturated rings. The molecular formula is C20H14ClN3O5S2. The molecule has 0 unspecified atom stereocenters. The van der Waals surface area contributed by atoms with Gasteiger partial charge in [-0.2, -0.15) is 0 Å². The number of nitrogens with one attached hydrogen (secondary N) is 1. The zero-order valence-electron chi connectivity index (χ0n) is 16.0. The lowest BCUT2D eigenvalue weighted by Crippen LogP contribution is -2.16. The fraction of sp³-hybridized carbons (Fsp3) is 0.100. The molecule has 8 nitrogen and oxygen atoms in total. The quantitative estimate of drug-likeness (QED) is 0.286. The molecule has 31 heavy (non-hydrogen) atoms. The molecule has 0 saturated heterocycles. The number of furan rings is 1. The van der Waals surface area contributed by atoms with Crippen molar-refractivity contribution in [3.05, 3.63) is 58.6 Å². The zero-order chi connectivity index (χ0) is 21.8. The van der Waals surface area contributed by atoms with Crippen molar-refractivity contribution in [1.29, 1.82) is 0 Å². The van der Waals surface area contributed by atoms with Gasteiger partial charge in [0.1, 0.15) is 10.6 Å². The molecule has 3 heterocycles. The van der Waals surface area contributed by atoms with Gasteiger partial charge < -0.3 is 18.9 Å². The van der Waals surface area contributed by atoms with E-state index < -0.39 is 5.97 Å². The molecule has 1 N–H and O–H groups in total. The maximum absolute atomic E-state index is 12.5. The van der Waals surface area contributed by atoms with E-state index in [9.17, 15) is 9.59 Å². The summed E-state index contributed by atoms with van der Waals surface area (Å²) in [7, 11) is 1.28. The van der Waals surface area contributed by atoms with Crippen LogP contribution in [0.3, 0.4) is 0 Å². The Balaban J connectivity index is 1.48. The van der Waals surface area contributed by atoms with E-state index in [4.69, 9.17) is 25.2 Å². The predicted octanol–water partition coefficient (Wildman–Crippen LogP) is 5.23. The Labute approximate surface area is 189 Å². The second-order valence-electron chi connectivity index (χ2n) is 6.01. The van der Waals surface area contributed by atoms with Crippen molar-refractivity contribution < 1.29 is 23.2 Å². The van der Waals surface area contributed by atoms with Gasteiger partial charge >= 0.3 is 5.97 Å². The van der Waals surface area contributed by atoms with Gasteiger partial charge in [-0.3, -0.25) is 4.79 Å². The van der Waals surface area contributed by atoms with Crippen LogP contribution in [0, 0.1) is 0 Å². The molecule has 0 aliphatic rings. The van der Waals surface area contributed by atoms with Crippen LogP contribution < -0.4 is 5.32 Å². The molecule has 1 aromatic carbocycles. The van der Waals surface area contributed by atoms with Gasteiger partial charge in [-0.15, -0.1) is 21.5 Å². The minimum atomic E-state index is -0.570. The topological polar surface area (TPSA) is 107 Å². The molecule has 0 atom stereocenters. The van der Waals surface area contributed by atoms with E-state index >= 15 is 0 Å². The molecule has 0 saturated carbocycles. The van der Waals surface area contributed by atoms with Crippen molar-refractivity contribution in [3.8, 4) is 22.8 Å². The molecule has 0 bridgehead atoms. The molecule has 3 aromatic heterocycles. The average molecular weight is 476 g/mol. The number of esters is 1. The normalized spacial score (nSPS) is 10.8. The number of nitrogens with zero attached hydrogens (tertiary/aromatic N) is 2. The first kappa shape index (κ1) is 21.2. The summed E-state index contributed by atoms with van der Waals surface area (Å²) in [4.78, 5) is 24.9. The summed E-state index contributed by atoms with van der Waals surface area (Å²) >= 11 is 8.56. The van der Waals surface area contributed by atoms with Crippen LogP contribution in [-0.4, -0.2) is 34.9 Å². The minimum Gasteiger partial charge on any atom is -0.465 e. The van der Waals surface area contributed by atoms with Crippen molar-refractivity contribution in [2.45, 2.75) is 5.22 Å². The average Bonchev–Trinajstić information content (AvgIpc) is 3.52. The van der Waals surface area contributed by atoms with Crippen LogP contribution in [0.5, 0.6) is 0 Å². The minimum absolute atomic E-state index is 0.000271. The number of halogens is 1. The van der Waals surface area contributed by atoms with Crippen LogP contribution in [0.1, 0.15) is 10.4 Å². The number of carbonyl (C=O) groups is 2. The first-order valence-corrected chi connectivity index (χ1v) is 11.1. The number of thiophene rings is 1. The molecule has 0 spiro atoms. The fourth-order valence-corrected chi connectivity index (χ4v) is 4.46. The first-order chi connectivity index (χ1) is 15.1. The Bertz CT molecular complexity index is 1220. The van der Waals surface area contributed by atoms with Gasteiger partial charge in [0, 0.05) is 21.5 Å². The highest BCUT2D eigenvalue weighted by Gasteiger charge is 2.23. The maximum Gasteiger partial charge on any atom is 0.341 e. The molecule has 0 aliphatic heterocycles. The number of methoxy groups -OCH3 is 1. The number of amides is 1. The van der Waals surface area contributed by atoms with E-state index in [0.717, 1.165) is 11.8 Å². The Hall–Kier alpha value is -3.08. The van der Waals surface area contributed by atoms with E-state index in [0.29, 0.717) is 26.9 Å². The Morgan fingerprint density at radius 2 is 2.03 bits per heavy atom. The van der Waals surface area contributed by atoms with E-state index in [1.165, 1.54) is 24.7 Å². The number of aromatic nitrogens is 2. The molecular weight excluding hydrogens is 462 g/mol. The number of thioether (sulfide) groups is 1. The smallest absolute Gasteiger partial charge is 0.341 e. The SMILES string of the molecule is COC(=O)c1c(-c2ccccc2Cl)csc1NC(=O)CSc1nnc(-c2ccco2)o1. The van der Waals surface area contributed by atoms with Crippen molar-refractivity contribution in [3.63, 3.8) is 0 Å². The highest BCUT2D eigenvalue weighted by atomic mass is 35.5. The molecule has 4 aromatic rings.